The van der Waals surface area contributed by atoms with Crippen LogP contribution in [0.5, 0.6) is 17.2 Å². The highest BCUT2D eigenvalue weighted by Crippen LogP contribution is 2.42. The van der Waals surface area contributed by atoms with Crippen molar-refractivity contribution < 1.29 is 32.6 Å². The van der Waals surface area contributed by atoms with Crippen molar-refractivity contribution in [2.75, 3.05) is 59.4 Å². The summed E-state index contributed by atoms with van der Waals surface area (Å²) in [5.74, 6) is 0.0321. The molecule has 1 N–H and O–H groups in total. The molecule has 3 heterocycles. The van der Waals surface area contributed by atoms with Gasteiger partial charge in [0, 0.05) is 49.6 Å². The van der Waals surface area contributed by atoms with E-state index in [-0.39, 0.29) is 24.3 Å². The second-order valence-electron chi connectivity index (χ2n) is 13.2. The molecule has 1 amide bonds. The Morgan fingerprint density at radius 3 is 2.32 bits per heavy atom. The number of aromatic nitrogens is 2. The lowest BCUT2D eigenvalue weighted by atomic mass is 9.76. The Labute approximate surface area is 291 Å². The number of amides is 1. The van der Waals surface area contributed by atoms with Crippen LogP contribution in [0.1, 0.15) is 54.9 Å². The van der Waals surface area contributed by atoms with E-state index in [1.54, 1.807) is 23.1 Å². The molecule has 2 saturated heterocycles. The number of likely N-dealkylation sites (tertiary alicyclic amines) is 2. The van der Waals surface area contributed by atoms with Gasteiger partial charge < -0.3 is 33.9 Å². The summed E-state index contributed by atoms with van der Waals surface area (Å²) in [4.78, 5) is 35.2. The van der Waals surface area contributed by atoms with E-state index in [1.807, 2.05) is 35.8 Å². The third kappa shape index (κ3) is 7.12. The average Bonchev–Trinajstić information content (AvgIpc) is 3.73. The first-order valence-electron chi connectivity index (χ1n) is 17.2. The van der Waals surface area contributed by atoms with Gasteiger partial charge in [0.1, 0.15) is 0 Å². The molecule has 0 radical (unpaired) electrons. The summed E-state index contributed by atoms with van der Waals surface area (Å²) in [7, 11) is 4.51. The van der Waals surface area contributed by atoms with Crippen molar-refractivity contribution in [2.24, 2.45) is 0 Å². The number of nitrogens with zero attached hydrogens (tertiary/aromatic N) is 4. The quantitative estimate of drug-likeness (QED) is 0.181. The molecule has 266 valence electrons. The molecule has 50 heavy (non-hydrogen) atoms. The Balaban J connectivity index is 1.15. The molecule has 2 aliphatic rings. The highest BCUT2D eigenvalue weighted by atomic mass is 19.2. The molecule has 12 heteroatoms. The topological polar surface area (TPSA) is 98.2 Å². The number of fused-ring (bicyclic) bond motifs is 1. The normalized spacial score (nSPS) is 18.4. The molecule has 1 unspecified atom stereocenters. The molecule has 1 aromatic heterocycles. The Kier molecular flexibility index (Phi) is 10.6. The molecular formula is C38H45F2N5O5. The summed E-state index contributed by atoms with van der Waals surface area (Å²) in [5, 5.41) is 3.61. The van der Waals surface area contributed by atoms with Gasteiger partial charge in [0.2, 0.25) is 11.7 Å². The van der Waals surface area contributed by atoms with Crippen molar-refractivity contribution in [2.45, 2.75) is 57.0 Å². The largest absolute Gasteiger partial charge is 0.493 e. The van der Waals surface area contributed by atoms with Gasteiger partial charge in [-0.15, -0.1) is 0 Å². The van der Waals surface area contributed by atoms with Gasteiger partial charge in [0.05, 0.1) is 38.9 Å². The number of anilines is 1. The number of ether oxygens (including phenoxy) is 3. The Morgan fingerprint density at radius 2 is 1.66 bits per heavy atom. The fourth-order valence-corrected chi connectivity index (χ4v) is 7.33. The zero-order chi connectivity index (χ0) is 35.4. The number of carbonyl (C=O) groups excluding carboxylic acids is 2. The number of rotatable bonds is 13. The van der Waals surface area contributed by atoms with E-state index in [1.165, 1.54) is 33.5 Å². The smallest absolute Gasteiger partial charge is 0.254 e. The first kappa shape index (κ1) is 35.1. The molecule has 3 aromatic carbocycles. The van der Waals surface area contributed by atoms with Crippen LogP contribution >= 0.6 is 0 Å². The highest BCUT2D eigenvalue weighted by molar-refractivity contribution is 5.96. The molecule has 10 nitrogen and oxygen atoms in total. The Morgan fingerprint density at radius 1 is 0.940 bits per heavy atom. The standard InChI is InChI=1S/C38H45F2N5O5/c1-5-28(46)23-45-32-9-7-6-8-31(32)42-37(45)41-27-12-16-43(17-13-27)18-14-38(26-10-11-29(39)30(40)22-26)15-19-44(24-38)36(47)25-20-33(48-2)35(50-4)34(21-25)49-3/h6-11,20-22,27H,5,12-19,23-24H2,1-4H3,(H,41,42). The number of carbonyl (C=O) groups is 2. The molecule has 2 aliphatic heterocycles. The minimum Gasteiger partial charge on any atom is -0.493 e. The van der Waals surface area contributed by atoms with Crippen molar-refractivity contribution in [1.82, 2.24) is 19.4 Å². The van der Waals surface area contributed by atoms with E-state index < -0.39 is 17.0 Å². The van der Waals surface area contributed by atoms with Gasteiger partial charge in [-0.25, -0.2) is 13.8 Å². The van der Waals surface area contributed by atoms with Crippen LogP contribution in [0, 0.1) is 11.6 Å². The van der Waals surface area contributed by atoms with E-state index in [2.05, 4.69) is 10.2 Å². The Hall–Kier alpha value is -4.71. The lowest BCUT2D eigenvalue weighted by Crippen LogP contribution is -2.42. The SMILES string of the molecule is CCC(=O)Cn1c(NC2CCN(CCC3(c4ccc(F)c(F)c4)CCN(C(=O)c4cc(OC)c(OC)c(OC)c4)C3)CC2)nc2ccccc21. The molecule has 4 aromatic rings. The Bertz CT molecular complexity index is 1830. The van der Waals surface area contributed by atoms with Gasteiger partial charge in [0.15, 0.2) is 28.9 Å². The van der Waals surface area contributed by atoms with Crippen molar-refractivity contribution >= 4 is 28.7 Å². The van der Waals surface area contributed by atoms with Crippen LogP contribution in [-0.2, 0) is 16.8 Å². The molecular weight excluding hydrogens is 644 g/mol. The first-order valence-corrected chi connectivity index (χ1v) is 17.2. The van der Waals surface area contributed by atoms with E-state index in [9.17, 15) is 18.4 Å². The number of para-hydroxylation sites is 2. The van der Waals surface area contributed by atoms with Crippen molar-refractivity contribution in [1.29, 1.82) is 0 Å². The maximum absolute atomic E-state index is 14.6. The molecule has 0 saturated carbocycles. The fraction of sp³-hybridized carbons (Fsp3) is 0.447. The number of hydrogen-bond donors (Lipinski definition) is 1. The minimum atomic E-state index is -0.894. The number of hydrogen-bond acceptors (Lipinski definition) is 8. The van der Waals surface area contributed by atoms with E-state index >= 15 is 0 Å². The van der Waals surface area contributed by atoms with Crippen LogP contribution in [0.25, 0.3) is 11.0 Å². The monoisotopic (exact) mass is 689 g/mol. The van der Waals surface area contributed by atoms with Gasteiger partial charge in [-0.3, -0.25) is 9.59 Å². The molecule has 0 aliphatic carbocycles. The summed E-state index contributed by atoms with van der Waals surface area (Å²) in [6.07, 6.45) is 3.51. The van der Waals surface area contributed by atoms with Crippen LogP contribution in [0.15, 0.2) is 54.6 Å². The van der Waals surface area contributed by atoms with Gasteiger partial charge in [-0.05, 0) is 74.2 Å². The number of nitrogens with one attached hydrogen (secondary N) is 1. The number of methoxy groups -OCH3 is 3. The number of ketones is 1. The van der Waals surface area contributed by atoms with Gasteiger partial charge in [-0.1, -0.05) is 25.1 Å². The maximum atomic E-state index is 14.6. The average molecular weight is 690 g/mol. The third-order valence-electron chi connectivity index (χ3n) is 10.3. The van der Waals surface area contributed by atoms with Crippen LogP contribution in [0.3, 0.4) is 0 Å². The summed E-state index contributed by atoms with van der Waals surface area (Å²) in [6, 6.07) is 15.4. The zero-order valence-corrected chi connectivity index (χ0v) is 29.1. The first-order chi connectivity index (χ1) is 24.2. The number of piperidine rings is 1. The van der Waals surface area contributed by atoms with E-state index in [0.717, 1.165) is 43.5 Å². The summed E-state index contributed by atoms with van der Waals surface area (Å²) in [6.45, 7) is 5.39. The second-order valence-corrected chi connectivity index (χ2v) is 13.2. The van der Waals surface area contributed by atoms with Crippen molar-refractivity contribution in [3.63, 3.8) is 0 Å². The number of Topliss-reactive ketones (excluding diaryl/α,β-unsaturated/α-hetero) is 1. The van der Waals surface area contributed by atoms with Gasteiger partial charge in [0.25, 0.3) is 5.91 Å². The maximum Gasteiger partial charge on any atom is 0.254 e. The van der Waals surface area contributed by atoms with Crippen molar-refractivity contribution in [3.8, 4) is 17.2 Å². The highest BCUT2D eigenvalue weighted by Gasteiger charge is 2.42. The van der Waals surface area contributed by atoms with Crippen molar-refractivity contribution in [3.05, 3.63) is 77.4 Å². The predicted molar refractivity (Wildman–Crippen MR) is 187 cm³/mol. The van der Waals surface area contributed by atoms with Gasteiger partial charge in [-0.2, -0.15) is 0 Å². The molecule has 0 spiro atoms. The minimum absolute atomic E-state index is 0.150. The summed E-state index contributed by atoms with van der Waals surface area (Å²) < 4.78 is 47.0. The van der Waals surface area contributed by atoms with Crippen LogP contribution in [0.2, 0.25) is 0 Å². The number of benzene rings is 3. The molecule has 6 rings (SSSR count). The van der Waals surface area contributed by atoms with Crippen LogP contribution in [0.4, 0.5) is 14.7 Å². The van der Waals surface area contributed by atoms with E-state index in [4.69, 9.17) is 19.2 Å². The lowest BCUT2D eigenvalue weighted by Gasteiger charge is -2.36. The lowest BCUT2D eigenvalue weighted by molar-refractivity contribution is -0.119. The number of imidazole rings is 1. The summed E-state index contributed by atoms with van der Waals surface area (Å²) in [5.41, 5.74) is 2.31. The van der Waals surface area contributed by atoms with Crippen LogP contribution < -0.4 is 19.5 Å². The zero-order valence-electron chi connectivity index (χ0n) is 29.1. The molecule has 0 bridgehead atoms. The molecule has 2 fully saturated rings. The second kappa shape index (κ2) is 15.0. The fourth-order valence-electron chi connectivity index (χ4n) is 7.33. The summed E-state index contributed by atoms with van der Waals surface area (Å²) >= 11 is 0. The molecule has 1 atom stereocenters. The van der Waals surface area contributed by atoms with Crippen LogP contribution in [-0.4, -0.2) is 91.1 Å². The number of halogens is 2. The predicted octanol–water partition coefficient (Wildman–Crippen LogP) is 6.07. The van der Waals surface area contributed by atoms with E-state index in [0.29, 0.717) is 66.7 Å². The third-order valence-corrected chi connectivity index (χ3v) is 10.3. The van der Waals surface area contributed by atoms with Gasteiger partial charge >= 0.3 is 0 Å².